The summed E-state index contributed by atoms with van der Waals surface area (Å²) in [7, 11) is 2.15. The quantitative estimate of drug-likeness (QED) is 0.641. The van der Waals surface area contributed by atoms with Crippen LogP contribution in [0.3, 0.4) is 0 Å². The summed E-state index contributed by atoms with van der Waals surface area (Å²) in [4.78, 5) is 4.73. The Morgan fingerprint density at radius 2 is 1.43 bits per heavy atom. The van der Waals surface area contributed by atoms with Crippen molar-refractivity contribution in [3.8, 4) is 11.1 Å². The molecule has 23 heavy (non-hydrogen) atoms. The summed E-state index contributed by atoms with van der Waals surface area (Å²) in [5, 5.41) is 0. The number of aryl methyl sites for hydroxylation is 1. The van der Waals surface area contributed by atoms with Gasteiger partial charge in [0.05, 0.1) is 23.7 Å². The topological polar surface area (TPSA) is 6.48 Å². The minimum atomic E-state index is 0.879. The van der Waals surface area contributed by atoms with Crippen molar-refractivity contribution in [2.75, 3.05) is 23.5 Å². The molecule has 0 N–H and O–H groups in total. The number of benzene rings is 3. The predicted molar refractivity (Wildman–Crippen MR) is 98.5 cm³/mol. The number of rotatable bonds is 2. The minimum absolute atomic E-state index is 0.879. The molecule has 2 nitrogen and oxygen atoms in total. The molecule has 1 heterocycles. The molecule has 0 atom stereocenters. The molecular weight excluding hydrogens is 280 g/mol. The van der Waals surface area contributed by atoms with Crippen LogP contribution in [0.1, 0.15) is 5.56 Å². The van der Waals surface area contributed by atoms with Crippen molar-refractivity contribution in [1.82, 2.24) is 0 Å². The van der Waals surface area contributed by atoms with E-state index in [0.29, 0.717) is 0 Å². The molecular formula is C21H20N2. The van der Waals surface area contributed by atoms with E-state index in [-0.39, 0.29) is 0 Å². The molecule has 0 bridgehead atoms. The molecule has 3 aromatic rings. The third-order valence-corrected chi connectivity index (χ3v) is 4.53. The van der Waals surface area contributed by atoms with Gasteiger partial charge in [-0.05, 0) is 30.2 Å². The average molecular weight is 300 g/mol. The summed E-state index contributed by atoms with van der Waals surface area (Å²) in [5.74, 6) is 0. The maximum absolute atomic E-state index is 2.42. The van der Waals surface area contributed by atoms with Gasteiger partial charge in [-0.1, -0.05) is 60.7 Å². The van der Waals surface area contributed by atoms with E-state index in [1.54, 1.807) is 0 Å². The van der Waals surface area contributed by atoms with Gasteiger partial charge in [-0.15, -0.1) is 0 Å². The fourth-order valence-corrected chi connectivity index (χ4v) is 3.44. The lowest BCUT2D eigenvalue weighted by molar-refractivity contribution is 0.947. The Labute approximate surface area is 137 Å². The molecule has 0 saturated carbocycles. The van der Waals surface area contributed by atoms with Gasteiger partial charge < -0.3 is 9.80 Å². The number of hydrogen-bond donors (Lipinski definition) is 0. The van der Waals surface area contributed by atoms with Crippen molar-refractivity contribution in [1.29, 1.82) is 0 Å². The molecule has 0 saturated heterocycles. The predicted octanol–water partition coefficient (Wildman–Crippen LogP) is 5.21. The van der Waals surface area contributed by atoms with Crippen LogP contribution in [0.5, 0.6) is 0 Å². The van der Waals surface area contributed by atoms with Crippen molar-refractivity contribution >= 4 is 17.1 Å². The van der Waals surface area contributed by atoms with E-state index in [1.807, 2.05) is 0 Å². The molecule has 0 spiro atoms. The Morgan fingerprint density at radius 1 is 0.739 bits per heavy atom. The second-order valence-electron chi connectivity index (χ2n) is 6.09. The van der Waals surface area contributed by atoms with Crippen LogP contribution in [0.2, 0.25) is 0 Å². The van der Waals surface area contributed by atoms with Crippen LogP contribution in [0.15, 0.2) is 72.8 Å². The zero-order valence-corrected chi connectivity index (χ0v) is 13.5. The van der Waals surface area contributed by atoms with Crippen LogP contribution >= 0.6 is 0 Å². The summed E-state index contributed by atoms with van der Waals surface area (Å²) in [5.41, 5.74) is 7.72. The number of para-hydroxylation sites is 3. The lowest BCUT2D eigenvalue weighted by Gasteiger charge is -2.25. The van der Waals surface area contributed by atoms with E-state index >= 15 is 0 Å². The summed E-state index contributed by atoms with van der Waals surface area (Å²) in [6, 6.07) is 25.8. The van der Waals surface area contributed by atoms with Crippen LogP contribution in [-0.4, -0.2) is 13.7 Å². The van der Waals surface area contributed by atoms with Crippen LogP contribution in [0.25, 0.3) is 11.1 Å². The second kappa shape index (κ2) is 5.47. The van der Waals surface area contributed by atoms with Crippen molar-refractivity contribution < 1.29 is 0 Å². The van der Waals surface area contributed by atoms with Gasteiger partial charge >= 0.3 is 0 Å². The highest BCUT2D eigenvalue weighted by atomic mass is 15.4. The second-order valence-corrected chi connectivity index (χ2v) is 6.09. The van der Waals surface area contributed by atoms with Crippen LogP contribution in [0.4, 0.5) is 17.1 Å². The fraction of sp³-hybridized carbons (Fsp3) is 0.143. The van der Waals surface area contributed by atoms with Gasteiger partial charge in [0.15, 0.2) is 0 Å². The molecule has 3 aromatic carbocycles. The zero-order chi connectivity index (χ0) is 15.8. The number of hydrogen-bond acceptors (Lipinski definition) is 2. The average Bonchev–Trinajstić information content (AvgIpc) is 2.92. The fourth-order valence-electron chi connectivity index (χ4n) is 3.44. The highest BCUT2D eigenvalue weighted by Gasteiger charge is 2.26. The highest BCUT2D eigenvalue weighted by molar-refractivity contribution is 5.90. The Morgan fingerprint density at radius 3 is 2.22 bits per heavy atom. The first-order chi connectivity index (χ1) is 11.3. The first-order valence-corrected chi connectivity index (χ1v) is 7.98. The van der Waals surface area contributed by atoms with Gasteiger partial charge in [-0.3, -0.25) is 0 Å². The summed E-state index contributed by atoms with van der Waals surface area (Å²) in [6.45, 7) is 3.08. The third-order valence-electron chi connectivity index (χ3n) is 4.53. The van der Waals surface area contributed by atoms with Crippen molar-refractivity contribution in [3.63, 3.8) is 0 Å². The van der Waals surface area contributed by atoms with Gasteiger partial charge in [0.25, 0.3) is 0 Å². The number of anilines is 3. The molecule has 0 unspecified atom stereocenters. The van der Waals surface area contributed by atoms with Gasteiger partial charge in [0.1, 0.15) is 0 Å². The summed E-state index contributed by atoms with van der Waals surface area (Å²) in [6.07, 6.45) is 0. The molecule has 4 rings (SSSR count). The first kappa shape index (κ1) is 13.9. The standard InChI is InChI=1S/C21H20N2/c1-16-9-8-12-18(17-10-4-3-5-11-17)21(16)23-15-22(2)19-13-6-7-14-20(19)23/h3-14H,15H2,1-2H3. The Balaban J connectivity index is 1.91. The molecule has 0 radical (unpaired) electrons. The van der Waals surface area contributed by atoms with Crippen molar-refractivity contribution in [3.05, 3.63) is 78.4 Å². The Bertz CT molecular complexity index is 839. The molecule has 0 amide bonds. The van der Waals surface area contributed by atoms with E-state index < -0.39 is 0 Å². The zero-order valence-electron chi connectivity index (χ0n) is 13.5. The van der Waals surface area contributed by atoms with Crippen LogP contribution < -0.4 is 9.80 Å². The third kappa shape index (κ3) is 2.27. The SMILES string of the molecule is Cc1cccc(-c2ccccc2)c1N1CN(C)c2ccccc21. The van der Waals surface area contributed by atoms with Gasteiger partial charge in [-0.2, -0.15) is 0 Å². The first-order valence-electron chi connectivity index (χ1n) is 7.98. The van der Waals surface area contributed by atoms with Crippen molar-refractivity contribution in [2.24, 2.45) is 0 Å². The lowest BCUT2D eigenvalue weighted by atomic mass is 9.99. The van der Waals surface area contributed by atoms with Crippen LogP contribution in [-0.2, 0) is 0 Å². The van der Waals surface area contributed by atoms with Crippen molar-refractivity contribution in [2.45, 2.75) is 6.92 Å². The molecule has 1 aliphatic rings. The maximum atomic E-state index is 2.42. The summed E-state index contributed by atoms with van der Waals surface area (Å²) < 4.78 is 0. The van der Waals surface area contributed by atoms with Gasteiger partial charge in [-0.25, -0.2) is 0 Å². The lowest BCUT2D eigenvalue weighted by Crippen LogP contribution is -2.25. The molecule has 0 aromatic heterocycles. The van der Waals surface area contributed by atoms with Gasteiger partial charge in [0, 0.05) is 12.6 Å². The smallest absolute Gasteiger partial charge is 0.0950 e. The molecule has 114 valence electrons. The Hall–Kier alpha value is -2.74. The van der Waals surface area contributed by atoms with E-state index in [9.17, 15) is 0 Å². The number of fused-ring (bicyclic) bond motifs is 1. The van der Waals surface area contributed by atoms with E-state index in [2.05, 4.69) is 96.6 Å². The molecule has 0 aliphatic carbocycles. The normalized spacial score (nSPS) is 13.3. The molecule has 2 heteroatoms. The number of nitrogens with zero attached hydrogens (tertiary/aromatic N) is 2. The summed E-state index contributed by atoms with van der Waals surface area (Å²) >= 11 is 0. The van der Waals surface area contributed by atoms with E-state index in [4.69, 9.17) is 0 Å². The largest absolute Gasteiger partial charge is 0.355 e. The molecule has 0 fully saturated rings. The van der Waals surface area contributed by atoms with E-state index in [1.165, 1.54) is 33.8 Å². The Kier molecular flexibility index (Phi) is 3.30. The maximum Gasteiger partial charge on any atom is 0.0950 e. The monoisotopic (exact) mass is 300 g/mol. The van der Waals surface area contributed by atoms with E-state index in [0.717, 1.165) is 6.67 Å². The van der Waals surface area contributed by atoms with Crippen LogP contribution in [0, 0.1) is 6.92 Å². The highest BCUT2D eigenvalue weighted by Crippen LogP contribution is 2.44. The van der Waals surface area contributed by atoms with Gasteiger partial charge in [0.2, 0.25) is 0 Å². The minimum Gasteiger partial charge on any atom is -0.355 e. The molecule has 1 aliphatic heterocycles.